The van der Waals surface area contributed by atoms with E-state index in [1.54, 1.807) is 25.3 Å². The van der Waals surface area contributed by atoms with Gasteiger partial charge in [0.05, 0.1) is 18.3 Å². The van der Waals surface area contributed by atoms with Gasteiger partial charge in [-0.3, -0.25) is 9.89 Å². The van der Waals surface area contributed by atoms with Crippen molar-refractivity contribution in [2.75, 3.05) is 18.5 Å². The maximum absolute atomic E-state index is 11.5. The lowest BCUT2D eigenvalue weighted by Crippen LogP contribution is -2.34. The van der Waals surface area contributed by atoms with Gasteiger partial charge in [0.1, 0.15) is 6.54 Å². The molecule has 3 N–H and O–H groups in total. The molecule has 2 aromatic rings. The second-order valence-corrected chi connectivity index (χ2v) is 3.78. The molecule has 19 heavy (non-hydrogen) atoms. The molecule has 0 unspecified atom stereocenters. The Bertz CT molecular complexity index is 593. The molecular formula is C12H14N4O3. The van der Waals surface area contributed by atoms with Crippen LogP contribution in [0.4, 0.5) is 10.5 Å². The van der Waals surface area contributed by atoms with E-state index in [0.717, 1.165) is 10.9 Å². The molecule has 0 aliphatic carbocycles. The quantitative estimate of drug-likeness (QED) is 0.722. The first-order chi connectivity index (χ1) is 9.19. The zero-order valence-corrected chi connectivity index (χ0v) is 10.4. The van der Waals surface area contributed by atoms with Gasteiger partial charge in [-0.1, -0.05) is 0 Å². The molecule has 2 rings (SSSR count). The van der Waals surface area contributed by atoms with Crippen LogP contribution in [0.5, 0.6) is 0 Å². The zero-order chi connectivity index (χ0) is 13.7. The van der Waals surface area contributed by atoms with Crippen molar-refractivity contribution in [3.05, 3.63) is 24.4 Å². The van der Waals surface area contributed by atoms with Crippen molar-refractivity contribution in [3.63, 3.8) is 0 Å². The molecule has 7 nitrogen and oxygen atoms in total. The number of fused-ring (bicyclic) bond motifs is 1. The van der Waals surface area contributed by atoms with Gasteiger partial charge in [-0.25, -0.2) is 4.79 Å². The Balaban J connectivity index is 1.89. The number of rotatable bonds is 4. The summed E-state index contributed by atoms with van der Waals surface area (Å²) in [5, 5.41) is 12.6. The topological polar surface area (TPSA) is 96.1 Å². The van der Waals surface area contributed by atoms with Gasteiger partial charge in [0.2, 0.25) is 0 Å². The highest BCUT2D eigenvalue weighted by atomic mass is 16.5. The van der Waals surface area contributed by atoms with E-state index < -0.39 is 12.0 Å². The number of benzene rings is 1. The predicted molar refractivity (Wildman–Crippen MR) is 69.7 cm³/mol. The summed E-state index contributed by atoms with van der Waals surface area (Å²) in [7, 11) is 0. The molecule has 0 aliphatic heterocycles. The summed E-state index contributed by atoms with van der Waals surface area (Å²) in [5.41, 5.74) is 1.51. The minimum atomic E-state index is -0.470. The number of urea groups is 1. The smallest absolute Gasteiger partial charge is 0.325 e. The van der Waals surface area contributed by atoms with Gasteiger partial charge in [-0.05, 0) is 25.1 Å². The summed E-state index contributed by atoms with van der Waals surface area (Å²) in [5.74, 6) is -0.470. The predicted octanol–water partition coefficient (Wildman–Crippen LogP) is 1.25. The van der Waals surface area contributed by atoms with Crippen LogP contribution in [0, 0.1) is 0 Å². The van der Waals surface area contributed by atoms with Crippen LogP contribution in [0.25, 0.3) is 10.9 Å². The minimum absolute atomic E-state index is 0.159. The molecule has 0 aliphatic rings. The van der Waals surface area contributed by atoms with Crippen molar-refractivity contribution < 1.29 is 14.3 Å². The van der Waals surface area contributed by atoms with E-state index in [4.69, 9.17) is 4.74 Å². The SMILES string of the molecule is CCOC(=O)CNC(=O)Nc1ccc2[nH]ncc2c1. The Morgan fingerprint density at radius 2 is 2.26 bits per heavy atom. The fourth-order valence-corrected chi connectivity index (χ4v) is 1.56. The third kappa shape index (κ3) is 3.44. The lowest BCUT2D eigenvalue weighted by atomic mass is 10.2. The van der Waals surface area contributed by atoms with Gasteiger partial charge in [0, 0.05) is 11.1 Å². The standard InChI is InChI=1S/C12H14N4O3/c1-2-19-11(17)7-13-12(18)15-9-3-4-10-8(5-9)6-14-16-10/h3-6H,2,7H2,1H3,(H,14,16)(H2,13,15,18). The lowest BCUT2D eigenvalue weighted by Gasteiger charge is -2.07. The van der Waals surface area contributed by atoms with Gasteiger partial charge in [0.25, 0.3) is 0 Å². The Morgan fingerprint density at radius 3 is 3.05 bits per heavy atom. The summed E-state index contributed by atoms with van der Waals surface area (Å²) in [6.07, 6.45) is 1.66. The number of anilines is 1. The molecule has 1 aromatic carbocycles. The van der Waals surface area contributed by atoms with Gasteiger partial charge in [-0.2, -0.15) is 5.10 Å². The van der Waals surface area contributed by atoms with Crippen LogP contribution in [0.1, 0.15) is 6.92 Å². The Hall–Kier alpha value is -2.57. The largest absolute Gasteiger partial charge is 0.465 e. The van der Waals surface area contributed by atoms with Crippen molar-refractivity contribution in [2.45, 2.75) is 6.92 Å². The molecule has 0 spiro atoms. The van der Waals surface area contributed by atoms with Crippen LogP contribution >= 0.6 is 0 Å². The van der Waals surface area contributed by atoms with E-state index in [9.17, 15) is 9.59 Å². The first-order valence-electron chi connectivity index (χ1n) is 5.82. The highest BCUT2D eigenvalue weighted by Gasteiger charge is 2.06. The molecule has 1 aromatic heterocycles. The summed E-state index contributed by atoms with van der Waals surface area (Å²) < 4.78 is 4.70. The number of hydrogen-bond acceptors (Lipinski definition) is 4. The number of hydrogen-bond donors (Lipinski definition) is 3. The number of amides is 2. The van der Waals surface area contributed by atoms with E-state index in [1.807, 2.05) is 6.07 Å². The molecule has 100 valence electrons. The number of aromatic amines is 1. The number of nitrogens with one attached hydrogen (secondary N) is 3. The Kier molecular flexibility index (Phi) is 3.97. The number of aromatic nitrogens is 2. The van der Waals surface area contributed by atoms with E-state index in [2.05, 4.69) is 20.8 Å². The number of esters is 1. The molecule has 0 bridgehead atoms. The molecular weight excluding hydrogens is 248 g/mol. The molecule has 0 radical (unpaired) electrons. The normalized spacial score (nSPS) is 10.2. The van der Waals surface area contributed by atoms with Crippen molar-refractivity contribution in [3.8, 4) is 0 Å². The summed E-state index contributed by atoms with van der Waals surface area (Å²) in [6, 6.07) is 4.87. The minimum Gasteiger partial charge on any atom is -0.465 e. The third-order valence-corrected chi connectivity index (χ3v) is 2.40. The van der Waals surface area contributed by atoms with Gasteiger partial charge in [-0.15, -0.1) is 0 Å². The Labute approximate surface area is 109 Å². The molecule has 1 heterocycles. The van der Waals surface area contributed by atoms with Crippen LogP contribution in [0.3, 0.4) is 0 Å². The summed E-state index contributed by atoms with van der Waals surface area (Å²) >= 11 is 0. The van der Waals surface area contributed by atoms with E-state index >= 15 is 0 Å². The average Bonchev–Trinajstić information content (AvgIpc) is 2.84. The van der Waals surface area contributed by atoms with Crippen molar-refractivity contribution in [1.29, 1.82) is 0 Å². The second kappa shape index (κ2) is 5.85. The molecule has 0 fully saturated rings. The summed E-state index contributed by atoms with van der Waals surface area (Å²) in [4.78, 5) is 22.6. The molecule has 0 atom stereocenters. The number of carbonyl (C=O) groups is 2. The fourth-order valence-electron chi connectivity index (χ4n) is 1.56. The summed E-state index contributed by atoms with van der Waals surface area (Å²) in [6.45, 7) is 1.84. The average molecular weight is 262 g/mol. The van der Waals surface area contributed by atoms with Gasteiger partial charge >= 0.3 is 12.0 Å². The van der Waals surface area contributed by atoms with Crippen LogP contribution in [-0.4, -0.2) is 35.3 Å². The first kappa shape index (κ1) is 12.9. The number of carbonyl (C=O) groups excluding carboxylic acids is 2. The fraction of sp³-hybridized carbons (Fsp3) is 0.250. The van der Waals surface area contributed by atoms with Crippen LogP contribution in [0.2, 0.25) is 0 Å². The first-order valence-corrected chi connectivity index (χ1v) is 5.82. The molecule has 0 saturated heterocycles. The number of nitrogens with zero attached hydrogens (tertiary/aromatic N) is 1. The maximum Gasteiger partial charge on any atom is 0.325 e. The number of H-pyrrole nitrogens is 1. The van der Waals surface area contributed by atoms with Gasteiger partial charge < -0.3 is 15.4 Å². The molecule has 2 amide bonds. The monoisotopic (exact) mass is 262 g/mol. The lowest BCUT2D eigenvalue weighted by molar-refractivity contribution is -0.141. The van der Waals surface area contributed by atoms with Crippen molar-refractivity contribution in [1.82, 2.24) is 15.5 Å². The third-order valence-electron chi connectivity index (χ3n) is 2.40. The van der Waals surface area contributed by atoms with Crippen LogP contribution in [0.15, 0.2) is 24.4 Å². The molecule has 7 heteroatoms. The van der Waals surface area contributed by atoms with E-state index in [1.165, 1.54) is 0 Å². The number of ether oxygens (including phenoxy) is 1. The highest BCUT2D eigenvalue weighted by molar-refractivity contribution is 5.93. The maximum atomic E-state index is 11.5. The second-order valence-electron chi connectivity index (χ2n) is 3.78. The van der Waals surface area contributed by atoms with Crippen molar-refractivity contribution in [2.24, 2.45) is 0 Å². The zero-order valence-electron chi connectivity index (χ0n) is 10.4. The highest BCUT2D eigenvalue weighted by Crippen LogP contribution is 2.16. The van der Waals surface area contributed by atoms with E-state index in [0.29, 0.717) is 12.3 Å². The van der Waals surface area contributed by atoms with E-state index in [-0.39, 0.29) is 6.54 Å². The molecule has 0 saturated carbocycles. The van der Waals surface area contributed by atoms with Crippen molar-refractivity contribution >= 4 is 28.6 Å². The van der Waals surface area contributed by atoms with Gasteiger partial charge in [0.15, 0.2) is 0 Å². The Morgan fingerprint density at radius 1 is 1.42 bits per heavy atom. The van der Waals surface area contributed by atoms with Crippen LogP contribution < -0.4 is 10.6 Å². The van der Waals surface area contributed by atoms with Crippen LogP contribution in [-0.2, 0) is 9.53 Å².